The van der Waals surface area contributed by atoms with E-state index in [1.54, 1.807) is 118 Å². The summed E-state index contributed by atoms with van der Waals surface area (Å²) in [5.41, 5.74) is 0. The van der Waals surface area contributed by atoms with E-state index < -0.39 is 51.8 Å². The highest BCUT2D eigenvalue weighted by atomic mass is 32.2. The van der Waals surface area contributed by atoms with Crippen LogP contribution in [0.25, 0.3) is 0 Å². The van der Waals surface area contributed by atoms with Crippen LogP contribution in [0.1, 0.15) is 54.9 Å². The molecule has 0 bridgehead atoms. The lowest BCUT2D eigenvalue weighted by Crippen LogP contribution is -2.33. The Morgan fingerprint density at radius 1 is 0.513 bits per heavy atom. The van der Waals surface area contributed by atoms with Crippen LogP contribution in [0.2, 0.25) is 0 Å². The molecule has 476 valence electrons. The monoisotopic (exact) mass is 1210 g/mol. The maximum atomic E-state index is 10.7. The average molecular weight is 1210 g/mol. The number of methoxy groups -OCH3 is 1. The number of ether oxygens (including phenoxy) is 1. The van der Waals surface area contributed by atoms with Crippen LogP contribution in [0.15, 0.2) is 0 Å². The van der Waals surface area contributed by atoms with Gasteiger partial charge in [0.25, 0.3) is 10.1 Å². The van der Waals surface area contributed by atoms with Gasteiger partial charge in [-0.1, -0.05) is 34.6 Å². The number of sulfone groups is 1. The third kappa shape index (κ3) is 179. The van der Waals surface area contributed by atoms with Crippen molar-refractivity contribution in [3.8, 4) is 0 Å². The smallest absolute Gasteiger partial charge is 0.318 e. The van der Waals surface area contributed by atoms with Crippen LogP contribution >= 0.6 is 0 Å². The second kappa shape index (κ2) is 71.0. The molecule has 0 aliphatic carbocycles. The number of hydrogen-bond acceptors (Lipinski definition) is 19. The Balaban J connectivity index is -0.0000000516. The molecule has 0 N–H and O–H groups in total. The minimum Gasteiger partial charge on any atom is -0.385 e. The molecule has 4 amide bonds. The lowest BCUT2D eigenvalue weighted by atomic mass is 10.4. The lowest BCUT2D eigenvalue weighted by molar-refractivity contribution is -0.128. The number of sulfonamides is 1. The molecule has 0 aliphatic heterocycles. The van der Waals surface area contributed by atoms with Gasteiger partial charge in [-0.3, -0.25) is 18.0 Å². The van der Waals surface area contributed by atoms with Gasteiger partial charge in [0.2, 0.25) is 21.8 Å². The number of rotatable bonds is 11. The van der Waals surface area contributed by atoms with Crippen LogP contribution < -0.4 is 0 Å². The number of amides is 4. The van der Waals surface area contributed by atoms with Crippen molar-refractivity contribution < 1.29 is 61.8 Å². The third-order valence-corrected chi connectivity index (χ3v) is 12.1. The summed E-state index contributed by atoms with van der Waals surface area (Å²) in [4.78, 5) is 46.2. The molecule has 0 aromatic carbocycles. The number of hydrazine groups is 1. The van der Waals surface area contributed by atoms with E-state index in [0.29, 0.717) is 6.42 Å². The van der Waals surface area contributed by atoms with Crippen LogP contribution in [0.5, 0.6) is 0 Å². The Morgan fingerprint density at radius 3 is 0.711 bits per heavy atom. The summed E-state index contributed by atoms with van der Waals surface area (Å²) >= 11 is 0. The Morgan fingerprint density at radius 2 is 0.711 bits per heavy atom. The second-order valence-corrected chi connectivity index (χ2v) is 26.6. The predicted octanol–water partition coefficient (Wildman–Crippen LogP) is 2.11. The number of carbonyl (C=O) groups is 3. The Hall–Kier alpha value is -2.04. The van der Waals surface area contributed by atoms with E-state index in [2.05, 4.69) is 65.6 Å². The first-order valence-electron chi connectivity index (χ1n) is 23.5. The van der Waals surface area contributed by atoms with Gasteiger partial charge in [-0.05, 0) is 62.3 Å². The Labute approximate surface area is 475 Å². The SMILES string of the molecule is CC(=O)N(C)C.CCC(=O)N(C)C.CCN(C)C.CCN(C)C.CCOC.CCS(C)(=O)=O.CCS(C)=O.CN(C)C(=O)N(C)C.CN(C)N(C)C.CN(C)S(C)(=O)=O.CN(C)S(C)=O.CON(C)C.COS(C)(=O)=O. The van der Waals surface area contributed by atoms with Crippen LogP contribution in [-0.4, -0.2) is 343 Å². The second-order valence-electron chi connectivity index (χ2n) is 16.9. The third-order valence-electron chi connectivity index (χ3n) is 7.33. The quantitative estimate of drug-likeness (QED) is 0.212. The van der Waals surface area contributed by atoms with Gasteiger partial charge in [0.05, 0.1) is 37.7 Å². The number of nitrogens with zero attached hydrogens (tertiary/aromatic N) is 11. The van der Waals surface area contributed by atoms with Crippen LogP contribution in [0, 0.1) is 0 Å². The molecular formula is C46H123N11O14S5. The van der Waals surface area contributed by atoms with Gasteiger partial charge in [0.15, 0.2) is 0 Å². The molecule has 0 rings (SSSR count). The molecule has 0 spiro atoms. The zero-order valence-electron chi connectivity index (χ0n) is 55.4. The van der Waals surface area contributed by atoms with E-state index in [1.165, 1.54) is 42.0 Å². The molecular weight excluding hydrogens is 1090 g/mol. The predicted molar refractivity (Wildman–Crippen MR) is 328 cm³/mol. The first kappa shape index (κ1) is 106. The highest BCUT2D eigenvalue weighted by Crippen LogP contribution is 1.84. The topological polar surface area (TPSA) is 251 Å². The Kier molecular flexibility index (Phi) is 98.9. The van der Waals surface area contributed by atoms with Crippen molar-refractivity contribution in [2.75, 3.05) is 239 Å². The van der Waals surface area contributed by atoms with Crippen molar-refractivity contribution in [2.24, 2.45) is 0 Å². The summed E-state index contributed by atoms with van der Waals surface area (Å²) in [6.45, 7) is 16.2. The van der Waals surface area contributed by atoms with Gasteiger partial charge in [0.1, 0.15) is 9.84 Å². The van der Waals surface area contributed by atoms with E-state index in [9.17, 15) is 48.1 Å². The summed E-state index contributed by atoms with van der Waals surface area (Å²) in [6.07, 6.45) is 7.31. The molecule has 0 aliphatic rings. The fraction of sp³-hybridized carbons (Fsp3) is 0.935. The molecule has 2 unspecified atom stereocenters. The molecule has 0 saturated carbocycles. The van der Waals surface area contributed by atoms with Crippen molar-refractivity contribution >= 4 is 69.6 Å². The first-order valence-corrected chi connectivity index (χ1v) is 32.4. The van der Waals surface area contributed by atoms with Gasteiger partial charge in [-0.2, -0.15) is 13.5 Å². The number of urea groups is 1. The molecule has 0 aromatic rings. The van der Waals surface area contributed by atoms with E-state index in [4.69, 9.17) is 0 Å². The maximum Gasteiger partial charge on any atom is 0.318 e. The standard InChI is InChI=1S/C5H12N2O.C5H11NO.C4H12N2.C4H9NO.2C4H11N.C3H9NO2S.C3H9NOS.C3H9NO.C3H8O2S.C3H8OS.C3H8O.C2H6O3S/c1-6(2)5(8)7(3)4;1-4-5(7)6(2)3;1-5(2)6(3)4;1-4(6)5(2)3;2*1-4-5(2)3;1-4(2)7(3,5)6;1-4(2)6(3)5;1-4(2)5-3;1-3-6(2,4)5;1-3-5(2)4;1-3-4-2;1-5-6(2,3)4/h1-4H3;4H2,1-3H3;1-4H3;1-3H3;2*4H2,1-3H3;1-3H3;1-3H3;1-3H3;3H2,1-2H3;3H2,1-2H3;3H2,1-2H3;1-2H3. The minimum atomic E-state index is -3.16. The van der Waals surface area contributed by atoms with E-state index in [0.717, 1.165) is 49.4 Å². The van der Waals surface area contributed by atoms with Crippen molar-refractivity contribution in [2.45, 2.75) is 54.9 Å². The molecule has 25 nitrogen and oxygen atoms in total. The number of hydrogen-bond donors (Lipinski definition) is 0. The van der Waals surface area contributed by atoms with E-state index in [-0.39, 0.29) is 23.6 Å². The average Bonchev–Trinajstić information content (AvgIpc) is 3.29. The van der Waals surface area contributed by atoms with E-state index >= 15 is 0 Å². The van der Waals surface area contributed by atoms with Gasteiger partial charge in [0, 0.05) is 181 Å². The highest BCUT2D eigenvalue weighted by molar-refractivity contribution is 7.90. The van der Waals surface area contributed by atoms with Crippen molar-refractivity contribution in [3.05, 3.63) is 0 Å². The molecule has 30 heteroatoms. The molecule has 2 atom stereocenters. The summed E-state index contributed by atoms with van der Waals surface area (Å²) < 4.78 is 91.4. The summed E-state index contributed by atoms with van der Waals surface area (Å²) in [7, 11) is 34.6. The van der Waals surface area contributed by atoms with Crippen molar-refractivity contribution in [1.29, 1.82) is 0 Å². The van der Waals surface area contributed by atoms with Gasteiger partial charge in [-0.25, -0.2) is 44.5 Å². The molecule has 0 heterocycles. The maximum absolute atomic E-state index is 10.7. The van der Waals surface area contributed by atoms with Crippen molar-refractivity contribution in [1.82, 2.24) is 53.1 Å². The fourth-order valence-electron chi connectivity index (χ4n) is 0.716. The van der Waals surface area contributed by atoms with Crippen LogP contribution in [-0.2, 0) is 75.1 Å². The van der Waals surface area contributed by atoms with E-state index in [1.807, 2.05) is 73.1 Å². The Bertz CT molecular complexity index is 1520. The largest absolute Gasteiger partial charge is 0.385 e. The van der Waals surface area contributed by atoms with Crippen LogP contribution in [0.4, 0.5) is 4.79 Å². The molecule has 0 saturated heterocycles. The molecule has 0 aromatic heterocycles. The molecule has 0 radical (unpaired) electrons. The number of hydroxylamine groups is 2. The zero-order valence-corrected chi connectivity index (χ0v) is 59.5. The normalized spacial score (nSPS) is 10.6. The summed E-state index contributed by atoms with van der Waals surface area (Å²) in [5.74, 6) is 1.29. The minimum absolute atomic E-state index is 0.0185. The van der Waals surface area contributed by atoms with Crippen molar-refractivity contribution in [3.63, 3.8) is 0 Å². The molecule has 0 fully saturated rings. The highest BCUT2D eigenvalue weighted by Gasteiger charge is 2.03. The van der Waals surface area contributed by atoms with Gasteiger partial charge < -0.3 is 39.0 Å². The molecule has 76 heavy (non-hydrogen) atoms. The summed E-state index contributed by atoms with van der Waals surface area (Å²) in [6, 6.07) is 0.0185. The lowest BCUT2D eigenvalue weighted by Gasteiger charge is -2.17. The zero-order chi connectivity index (χ0) is 65.1. The number of carbonyl (C=O) groups excluding carboxylic acids is 3. The first-order chi connectivity index (χ1) is 33.7. The summed E-state index contributed by atoms with van der Waals surface area (Å²) in [5, 5.41) is 5.62. The van der Waals surface area contributed by atoms with Gasteiger partial charge >= 0.3 is 6.03 Å². The van der Waals surface area contributed by atoms with Crippen LogP contribution in [0.3, 0.4) is 0 Å². The van der Waals surface area contributed by atoms with Gasteiger partial charge in [-0.15, -0.1) is 0 Å². The fourth-order valence-corrected chi connectivity index (χ4v) is 0.716.